The average Bonchev–Trinajstić information content (AvgIpc) is 2.45. The van der Waals surface area contributed by atoms with E-state index >= 15 is 0 Å². The number of nitrogens with one attached hydrogen (secondary N) is 2. The van der Waals surface area contributed by atoms with Crippen molar-refractivity contribution >= 4 is 40.7 Å². The number of rotatable bonds is 5. The van der Waals surface area contributed by atoms with Gasteiger partial charge in [-0.1, -0.05) is 13.8 Å². The van der Waals surface area contributed by atoms with Crippen molar-refractivity contribution in [3.63, 3.8) is 0 Å². The number of guanidine groups is 1. The summed E-state index contributed by atoms with van der Waals surface area (Å²) in [5.74, 6) is 3.18. The van der Waals surface area contributed by atoms with Crippen LogP contribution in [0.5, 0.6) is 0 Å². The summed E-state index contributed by atoms with van der Waals surface area (Å²) in [6.07, 6.45) is 5.05. The first-order chi connectivity index (χ1) is 10.2. The summed E-state index contributed by atoms with van der Waals surface area (Å²) < 4.78 is 11.9. The van der Waals surface area contributed by atoms with E-state index in [0.29, 0.717) is 18.3 Å². The molecule has 1 saturated carbocycles. The number of hydrogen-bond acceptors (Lipinski definition) is 2. The maximum absolute atomic E-state index is 12.0. The molecule has 0 spiro atoms. The lowest BCUT2D eigenvalue weighted by Crippen LogP contribution is -2.46. The highest BCUT2D eigenvalue weighted by atomic mass is 127. The molecule has 0 bridgehead atoms. The van der Waals surface area contributed by atoms with Crippen LogP contribution in [0, 0.1) is 11.8 Å². The predicted octanol–water partition coefficient (Wildman–Crippen LogP) is 3.53. The van der Waals surface area contributed by atoms with Gasteiger partial charge in [0, 0.05) is 40.9 Å². The highest BCUT2D eigenvalue weighted by Gasteiger charge is 2.24. The second-order valence-corrected chi connectivity index (χ2v) is 9.99. The zero-order valence-electron chi connectivity index (χ0n) is 15.6. The van der Waals surface area contributed by atoms with Crippen molar-refractivity contribution < 1.29 is 4.21 Å². The summed E-state index contributed by atoms with van der Waals surface area (Å²) in [5.41, 5.74) is 0. The van der Waals surface area contributed by atoms with E-state index in [1.54, 1.807) is 7.05 Å². The summed E-state index contributed by atoms with van der Waals surface area (Å²) in [6.45, 7) is 11.4. The quantitative estimate of drug-likeness (QED) is 0.377. The van der Waals surface area contributed by atoms with Crippen LogP contribution in [-0.2, 0) is 10.8 Å². The molecule has 1 atom stereocenters. The summed E-state index contributed by atoms with van der Waals surface area (Å²) in [6, 6.07) is 0.523. The maximum Gasteiger partial charge on any atom is 0.191 e. The molecule has 1 aliphatic rings. The lowest BCUT2D eigenvalue weighted by Gasteiger charge is -2.32. The fourth-order valence-corrected chi connectivity index (χ4v) is 3.79. The fraction of sp³-hybridized carbons (Fsp3) is 0.941. The summed E-state index contributed by atoms with van der Waals surface area (Å²) in [7, 11) is 0.984. The van der Waals surface area contributed by atoms with E-state index in [9.17, 15) is 4.21 Å². The molecule has 0 aromatic carbocycles. The normalized spacial score (nSPS) is 24.0. The number of nitrogens with zero attached hydrogens (tertiary/aromatic N) is 1. The molecule has 2 N–H and O–H groups in total. The van der Waals surface area contributed by atoms with Crippen LogP contribution in [0.25, 0.3) is 0 Å². The van der Waals surface area contributed by atoms with Gasteiger partial charge in [0.2, 0.25) is 0 Å². The van der Waals surface area contributed by atoms with Crippen molar-refractivity contribution in [2.75, 3.05) is 19.3 Å². The van der Waals surface area contributed by atoms with Crippen molar-refractivity contribution in [3.05, 3.63) is 0 Å². The summed E-state index contributed by atoms with van der Waals surface area (Å²) in [5, 5.41) is 6.82. The monoisotopic (exact) mass is 457 g/mol. The molecule has 1 rings (SSSR count). The molecular formula is C17H36IN3OS. The first kappa shape index (κ1) is 23.1. The van der Waals surface area contributed by atoms with Gasteiger partial charge >= 0.3 is 0 Å². The Labute approximate surface area is 162 Å². The summed E-state index contributed by atoms with van der Waals surface area (Å²) >= 11 is 0. The highest BCUT2D eigenvalue weighted by Crippen LogP contribution is 2.29. The topological polar surface area (TPSA) is 53.5 Å². The Morgan fingerprint density at radius 1 is 1.22 bits per heavy atom. The van der Waals surface area contributed by atoms with E-state index in [2.05, 4.69) is 29.5 Å². The molecule has 0 radical (unpaired) electrons. The Morgan fingerprint density at radius 3 is 2.22 bits per heavy atom. The zero-order valence-corrected chi connectivity index (χ0v) is 18.8. The number of hydrogen-bond donors (Lipinski definition) is 2. The Morgan fingerprint density at radius 2 is 1.78 bits per heavy atom. The van der Waals surface area contributed by atoms with Crippen molar-refractivity contribution in [1.29, 1.82) is 0 Å². The van der Waals surface area contributed by atoms with Gasteiger partial charge in [0.05, 0.1) is 0 Å². The second kappa shape index (κ2) is 10.9. The SMILES string of the molecule is CN=C(NCCS(=O)C(C)(C)C)NC1CCC(C(C)C)CC1.I. The molecule has 4 nitrogen and oxygen atoms in total. The van der Waals surface area contributed by atoms with Crippen LogP contribution >= 0.6 is 24.0 Å². The van der Waals surface area contributed by atoms with Crippen LogP contribution in [0.2, 0.25) is 0 Å². The van der Waals surface area contributed by atoms with Gasteiger partial charge in [0.15, 0.2) is 5.96 Å². The molecule has 0 amide bonds. The van der Waals surface area contributed by atoms with Gasteiger partial charge in [-0.3, -0.25) is 9.20 Å². The van der Waals surface area contributed by atoms with Crippen molar-refractivity contribution in [3.8, 4) is 0 Å². The molecule has 138 valence electrons. The van der Waals surface area contributed by atoms with E-state index in [4.69, 9.17) is 0 Å². The smallest absolute Gasteiger partial charge is 0.191 e. The van der Waals surface area contributed by atoms with Crippen LogP contribution in [0.1, 0.15) is 60.3 Å². The van der Waals surface area contributed by atoms with Gasteiger partial charge in [0.1, 0.15) is 0 Å². The van der Waals surface area contributed by atoms with E-state index < -0.39 is 10.8 Å². The molecule has 0 aromatic rings. The fourth-order valence-electron chi connectivity index (χ4n) is 2.89. The molecule has 23 heavy (non-hydrogen) atoms. The van der Waals surface area contributed by atoms with Crippen LogP contribution in [0.4, 0.5) is 0 Å². The van der Waals surface area contributed by atoms with E-state index in [-0.39, 0.29) is 28.7 Å². The van der Waals surface area contributed by atoms with Crippen LogP contribution in [0.15, 0.2) is 4.99 Å². The molecule has 0 aliphatic heterocycles. The van der Waals surface area contributed by atoms with Gasteiger partial charge in [-0.25, -0.2) is 0 Å². The minimum Gasteiger partial charge on any atom is -0.355 e. The Bertz CT molecular complexity index is 386. The van der Waals surface area contributed by atoms with Crippen LogP contribution in [0.3, 0.4) is 0 Å². The molecule has 6 heteroatoms. The number of aliphatic imine (C=N–C) groups is 1. The van der Waals surface area contributed by atoms with Crippen LogP contribution in [-0.4, -0.2) is 40.3 Å². The maximum atomic E-state index is 12.0. The third kappa shape index (κ3) is 8.70. The largest absolute Gasteiger partial charge is 0.355 e. The van der Waals surface area contributed by atoms with Gasteiger partial charge in [-0.2, -0.15) is 0 Å². The lowest BCUT2D eigenvalue weighted by atomic mass is 9.80. The van der Waals surface area contributed by atoms with E-state index in [1.165, 1.54) is 25.7 Å². The Kier molecular flexibility index (Phi) is 11.0. The Balaban J connectivity index is 0.00000484. The molecule has 0 aromatic heterocycles. The van der Waals surface area contributed by atoms with E-state index in [1.807, 2.05) is 20.8 Å². The number of halogens is 1. The predicted molar refractivity (Wildman–Crippen MR) is 113 cm³/mol. The molecule has 0 heterocycles. The van der Waals surface area contributed by atoms with Gasteiger partial charge in [0.25, 0.3) is 0 Å². The van der Waals surface area contributed by atoms with Crippen molar-refractivity contribution in [2.24, 2.45) is 16.8 Å². The average molecular weight is 457 g/mol. The van der Waals surface area contributed by atoms with Crippen molar-refractivity contribution in [1.82, 2.24) is 10.6 Å². The van der Waals surface area contributed by atoms with E-state index in [0.717, 1.165) is 17.8 Å². The first-order valence-corrected chi connectivity index (χ1v) is 9.91. The minimum atomic E-state index is -0.818. The minimum absolute atomic E-state index is 0. The highest BCUT2D eigenvalue weighted by molar-refractivity contribution is 14.0. The molecule has 1 aliphatic carbocycles. The first-order valence-electron chi connectivity index (χ1n) is 8.59. The van der Waals surface area contributed by atoms with Crippen molar-refractivity contribution in [2.45, 2.75) is 71.1 Å². The third-order valence-corrected chi connectivity index (χ3v) is 6.48. The molecular weight excluding hydrogens is 421 g/mol. The molecule has 1 fully saturated rings. The molecule has 0 saturated heterocycles. The Hall–Kier alpha value is 0.150. The van der Waals surface area contributed by atoms with Gasteiger partial charge < -0.3 is 10.6 Å². The lowest BCUT2D eigenvalue weighted by molar-refractivity contribution is 0.250. The van der Waals surface area contributed by atoms with Gasteiger partial charge in [-0.05, 0) is 58.3 Å². The third-order valence-electron chi connectivity index (χ3n) is 4.54. The van der Waals surface area contributed by atoms with Crippen LogP contribution < -0.4 is 10.6 Å². The zero-order chi connectivity index (χ0) is 16.8. The molecule has 1 unspecified atom stereocenters. The van der Waals surface area contributed by atoms with Gasteiger partial charge in [-0.15, -0.1) is 24.0 Å². The second-order valence-electron chi connectivity index (χ2n) is 7.66. The summed E-state index contributed by atoms with van der Waals surface area (Å²) in [4.78, 5) is 4.29. The standard InChI is InChI=1S/C17H35N3OS.HI/c1-13(2)14-7-9-15(10-8-14)20-16(18-6)19-11-12-22(21)17(3,4)5;/h13-15H,7-12H2,1-6H3,(H2,18,19,20);1H.